The van der Waals surface area contributed by atoms with Crippen LogP contribution in [0.1, 0.15) is 251 Å². The molecule has 0 aromatic carbocycles. The highest BCUT2D eigenvalue weighted by Crippen LogP contribution is 2.16. The first-order valence-corrected chi connectivity index (χ1v) is 23.0. The van der Waals surface area contributed by atoms with Gasteiger partial charge in [-0.25, -0.2) is 0 Å². The van der Waals surface area contributed by atoms with Gasteiger partial charge >= 0.3 is 0 Å². The number of aliphatic hydroxyl groups is 2. The first-order chi connectivity index (χ1) is 25.2. The van der Waals surface area contributed by atoms with Crippen molar-refractivity contribution in [2.24, 2.45) is 0 Å². The van der Waals surface area contributed by atoms with Crippen molar-refractivity contribution in [2.45, 2.75) is 264 Å². The summed E-state index contributed by atoms with van der Waals surface area (Å²) < 4.78 is 0. The summed E-state index contributed by atoms with van der Waals surface area (Å²) in [4.78, 5) is 12.4. The van der Waals surface area contributed by atoms with Crippen LogP contribution in [0.25, 0.3) is 0 Å². The molecule has 0 bridgehead atoms. The van der Waals surface area contributed by atoms with Crippen LogP contribution in [0.2, 0.25) is 0 Å². The molecule has 0 aliphatic rings. The number of hydrogen-bond donors (Lipinski definition) is 3. The molecule has 0 aliphatic carbocycles. The van der Waals surface area contributed by atoms with Gasteiger partial charge in [-0.3, -0.25) is 4.79 Å². The number of amides is 1. The molecule has 4 heteroatoms. The summed E-state index contributed by atoms with van der Waals surface area (Å²) in [5.41, 5.74) is 0. The maximum absolute atomic E-state index is 12.4. The van der Waals surface area contributed by atoms with Gasteiger partial charge in [-0.1, -0.05) is 224 Å². The highest BCUT2D eigenvalue weighted by molar-refractivity contribution is 5.76. The number of nitrogens with one attached hydrogen (secondary N) is 1. The molecule has 0 fully saturated rings. The molecule has 3 N–H and O–H groups in total. The van der Waals surface area contributed by atoms with Crippen molar-refractivity contribution >= 4 is 5.91 Å². The van der Waals surface area contributed by atoms with Crippen LogP contribution in [0.4, 0.5) is 0 Å². The van der Waals surface area contributed by atoms with Gasteiger partial charge in [0.2, 0.25) is 5.91 Å². The average Bonchev–Trinajstić information content (AvgIpc) is 3.13. The molecule has 4 nitrogen and oxygen atoms in total. The van der Waals surface area contributed by atoms with E-state index in [1.807, 2.05) is 0 Å². The molecule has 2 atom stereocenters. The third kappa shape index (κ3) is 39.9. The number of rotatable bonds is 42. The van der Waals surface area contributed by atoms with Crippen LogP contribution in [-0.4, -0.2) is 34.9 Å². The number of carbonyl (C=O) groups is 1. The molecule has 0 aromatic rings. The zero-order chi connectivity index (χ0) is 37.1. The minimum atomic E-state index is -0.661. The molecule has 2 unspecified atom stereocenters. The molecule has 0 saturated heterocycles. The maximum Gasteiger partial charge on any atom is 0.220 e. The fraction of sp³-hybridized carbons (Fsp3) is 0.894. The van der Waals surface area contributed by atoms with Crippen LogP contribution >= 0.6 is 0 Å². The molecule has 302 valence electrons. The summed E-state index contributed by atoms with van der Waals surface area (Å²) in [7, 11) is 0. The molecule has 0 aromatic heterocycles. The fourth-order valence-electron chi connectivity index (χ4n) is 7.16. The molecule has 0 rings (SSSR count). The Kier molecular flexibility index (Phi) is 42.3. The van der Waals surface area contributed by atoms with Crippen molar-refractivity contribution in [1.29, 1.82) is 0 Å². The Morgan fingerprint density at radius 2 is 0.804 bits per heavy atom. The lowest BCUT2D eigenvalue weighted by atomic mass is 10.0. The first kappa shape index (κ1) is 49.9. The molecule has 0 radical (unpaired) electrons. The van der Waals surface area contributed by atoms with Crippen molar-refractivity contribution < 1.29 is 15.0 Å². The van der Waals surface area contributed by atoms with Gasteiger partial charge in [0.05, 0.1) is 18.8 Å². The molecule has 1 amide bonds. The van der Waals surface area contributed by atoms with E-state index in [-0.39, 0.29) is 12.5 Å². The van der Waals surface area contributed by atoms with Crippen molar-refractivity contribution in [2.75, 3.05) is 6.61 Å². The SMILES string of the molecule is CCCCC/C=C\C/C=C\CCCCCCCCCC(=O)NC(CO)C(O)CCCCCCCCCCCCCCCCCCCCCCCC. The standard InChI is InChI=1S/C47H91NO3/c1-3-5-7-9-11-13-15-17-19-21-22-23-24-25-27-28-30-32-34-36-38-40-42-46(50)45(44-49)48-47(51)43-41-39-37-35-33-31-29-26-20-18-16-14-12-10-8-6-4-2/h12,14,18,20,45-46,49-50H,3-11,13,15-17,19,21-44H2,1-2H3,(H,48,51)/b14-12-,20-18-. The predicted molar refractivity (Wildman–Crippen MR) is 225 cm³/mol. The number of aliphatic hydroxyl groups excluding tert-OH is 2. The number of unbranched alkanes of at least 4 members (excludes halogenated alkanes) is 31. The quantitative estimate of drug-likeness (QED) is 0.0435. The Hall–Kier alpha value is -1.13. The molecule has 51 heavy (non-hydrogen) atoms. The average molecular weight is 718 g/mol. The van der Waals surface area contributed by atoms with Gasteiger partial charge in [-0.15, -0.1) is 0 Å². The van der Waals surface area contributed by atoms with Crippen LogP contribution in [0, 0.1) is 0 Å². The van der Waals surface area contributed by atoms with Crippen molar-refractivity contribution in [3.8, 4) is 0 Å². The summed E-state index contributed by atoms with van der Waals surface area (Å²) in [6.07, 6.45) is 55.4. The van der Waals surface area contributed by atoms with Gasteiger partial charge in [0.1, 0.15) is 0 Å². The Morgan fingerprint density at radius 3 is 1.22 bits per heavy atom. The lowest BCUT2D eigenvalue weighted by Gasteiger charge is -2.22. The molecule has 0 spiro atoms. The normalized spacial score (nSPS) is 13.1. The third-order valence-electron chi connectivity index (χ3n) is 10.7. The van der Waals surface area contributed by atoms with Crippen molar-refractivity contribution in [3.05, 3.63) is 24.3 Å². The lowest BCUT2D eigenvalue weighted by Crippen LogP contribution is -2.45. The van der Waals surface area contributed by atoms with Crippen molar-refractivity contribution in [1.82, 2.24) is 5.32 Å². The van der Waals surface area contributed by atoms with Gasteiger partial charge in [-0.2, -0.15) is 0 Å². The summed E-state index contributed by atoms with van der Waals surface area (Å²) >= 11 is 0. The minimum absolute atomic E-state index is 0.0372. The Balaban J connectivity index is 3.49. The second-order valence-electron chi connectivity index (χ2n) is 15.8. The summed E-state index contributed by atoms with van der Waals surface area (Å²) in [5.74, 6) is -0.0372. The van der Waals surface area contributed by atoms with Gasteiger partial charge in [0.25, 0.3) is 0 Å². The largest absolute Gasteiger partial charge is 0.394 e. The smallest absolute Gasteiger partial charge is 0.220 e. The zero-order valence-electron chi connectivity index (χ0n) is 34.6. The van der Waals surface area contributed by atoms with Crippen LogP contribution in [0.3, 0.4) is 0 Å². The fourth-order valence-corrected chi connectivity index (χ4v) is 7.16. The van der Waals surface area contributed by atoms with E-state index in [2.05, 4.69) is 43.5 Å². The van der Waals surface area contributed by atoms with Gasteiger partial charge in [0.15, 0.2) is 0 Å². The Morgan fingerprint density at radius 1 is 0.471 bits per heavy atom. The lowest BCUT2D eigenvalue weighted by molar-refractivity contribution is -0.123. The van der Waals surface area contributed by atoms with E-state index >= 15 is 0 Å². The van der Waals surface area contributed by atoms with E-state index < -0.39 is 12.1 Å². The third-order valence-corrected chi connectivity index (χ3v) is 10.7. The summed E-state index contributed by atoms with van der Waals surface area (Å²) in [6, 6.07) is -0.539. The second kappa shape index (κ2) is 43.3. The van der Waals surface area contributed by atoms with Crippen LogP contribution in [0.15, 0.2) is 24.3 Å². The number of allylic oxidation sites excluding steroid dienone is 4. The molecule has 0 heterocycles. The number of hydrogen-bond acceptors (Lipinski definition) is 3. The van der Waals surface area contributed by atoms with E-state index in [0.717, 1.165) is 32.1 Å². The van der Waals surface area contributed by atoms with E-state index in [1.54, 1.807) is 0 Å². The van der Waals surface area contributed by atoms with E-state index in [0.29, 0.717) is 12.8 Å². The second-order valence-corrected chi connectivity index (χ2v) is 15.8. The Labute approximate surface area is 319 Å². The molecule has 0 saturated carbocycles. The van der Waals surface area contributed by atoms with E-state index in [4.69, 9.17) is 0 Å². The highest BCUT2D eigenvalue weighted by atomic mass is 16.3. The zero-order valence-corrected chi connectivity index (χ0v) is 34.6. The Bertz CT molecular complexity index is 735. The van der Waals surface area contributed by atoms with Crippen LogP contribution in [-0.2, 0) is 4.79 Å². The van der Waals surface area contributed by atoms with Crippen LogP contribution in [0.5, 0.6) is 0 Å². The van der Waals surface area contributed by atoms with Gasteiger partial charge < -0.3 is 15.5 Å². The molecular formula is C47H91NO3. The van der Waals surface area contributed by atoms with Gasteiger partial charge in [-0.05, 0) is 44.9 Å². The van der Waals surface area contributed by atoms with Gasteiger partial charge in [0, 0.05) is 6.42 Å². The first-order valence-electron chi connectivity index (χ1n) is 23.0. The molecule has 0 aliphatic heterocycles. The van der Waals surface area contributed by atoms with Crippen LogP contribution < -0.4 is 5.32 Å². The molecular weight excluding hydrogens is 627 g/mol. The predicted octanol–water partition coefficient (Wildman–Crippen LogP) is 14.4. The monoisotopic (exact) mass is 718 g/mol. The van der Waals surface area contributed by atoms with Crippen molar-refractivity contribution in [3.63, 3.8) is 0 Å². The summed E-state index contributed by atoms with van der Waals surface area (Å²) in [5, 5.41) is 23.2. The summed E-state index contributed by atoms with van der Waals surface area (Å²) in [6.45, 7) is 4.35. The van der Waals surface area contributed by atoms with E-state index in [9.17, 15) is 15.0 Å². The highest BCUT2D eigenvalue weighted by Gasteiger charge is 2.20. The maximum atomic E-state index is 12.4. The topological polar surface area (TPSA) is 69.6 Å². The van der Waals surface area contributed by atoms with E-state index in [1.165, 1.54) is 193 Å². The number of carbonyl (C=O) groups excluding carboxylic acids is 1. The minimum Gasteiger partial charge on any atom is -0.394 e.